The molecule has 7 heteroatoms. The van der Waals surface area contributed by atoms with Gasteiger partial charge in [0, 0.05) is 12.0 Å². The van der Waals surface area contributed by atoms with Gasteiger partial charge in [0.15, 0.2) is 0 Å². The highest BCUT2D eigenvalue weighted by molar-refractivity contribution is 5.61. The summed E-state index contributed by atoms with van der Waals surface area (Å²) >= 11 is 0. The molecule has 1 aromatic carbocycles. The lowest BCUT2D eigenvalue weighted by Gasteiger charge is -2.33. The number of anilines is 1. The molecule has 116 valence electrons. The Morgan fingerprint density at radius 2 is 1.71 bits per heavy atom. The summed E-state index contributed by atoms with van der Waals surface area (Å²) in [4.78, 5) is 16.7. The Bertz CT molecular complexity index is 470. The van der Waals surface area contributed by atoms with Gasteiger partial charge >= 0.3 is 0 Å². The fourth-order valence-corrected chi connectivity index (χ4v) is 2.85. The topological polar surface area (TPSA) is 98.7 Å². The van der Waals surface area contributed by atoms with Crippen molar-refractivity contribution in [3.63, 3.8) is 0 Å². The largest absolute Gasteiger partial charge is 0.483 e. The molecule has 2 heterocycles. The fraction of sp³-hybridized carbons (Fsp3) is 0.429. The standard InChI is InChI=1S/C12H15FN2.2CH2O2/c13-10-3-1-2-9-11(10)15-8-12(9)4-6-14-7-5-12;2*2-1-3/h1-3,14-15H,4-8H2;2*1H,(H,2,3). The third kappa shape index (κ3) is 3.91. The van der Waals surface area contributed by atoms with Crippen LogP contribution in [0.25, 0.3) is 0 Å². The van der Waals surface area contributed by atoms with Gasteiger partial charge in [0.1, 0.15) is 5.82 Å². The molecule has 4 N–H and O–H groups in total. The maximum Gasteiger partial charge on any atom is 0.290 e. The minimum absolute atomic E-state index is 0.108. The van der Waals surface area contributed by atoms with E-state index in [2.05, 4.69) is 16.7 Å². The lowest BCUT2D eigenvalue weighted by molar-refractivity contribution is -0.123. The van der Waals surface area contributed by atoms with Crippen LogP contribution in [0.3, 0.4) is 0 Å². The Morgan fingerprint density at radius 3 is 2.29 bits per heavy atom. The SMILES string of the molecule is Fc1cccc2c1NCC21CCNCC1.O=CO.O=CO. The summed E-state index contributed by atoms with van der Waals surface area (Å²) in [6, 6.07) is 5.43. The first-order valence-corrected chi connectivity index (χ1v) is 6.54. The molecule has 2 aliphatic heterocycles. The first-order valence-electron chi connectivity index (χ1n) is 6.54. The van der Waals surface area contributed by atoms with Gasteiger partial charge in [-0.25, -0.2) is 4.39 Å². The van der Waals surface area contributed by atoms with Crippen molar-refractivity contribution in [1.29, 1.82) is 0 Å². The van der Waals surface area contributed by atoms with E-state index in [-0.39, 0.29) is 24.2 Å². The minimum Gasteiger partial charge on any atom is -0.483 e. The molecule has 0 unspecified atom stereocenters. The zero-order chi connectivity index (χ0) is 15.7. The quantitative estimate of drug-likeness (QED) is 0.538. The molecule has 0 saturated carbocycles. The van der Waals surface area contributed by atoms with Gasteiger partial charge in [0.05, 0.1) is 5.69 Å². The number of hydrogen-bond donors (Lipinski definition) is 4. The Labute approximate surface area is 122 Å². The van der Waals surface area contributed by atoms with Crippen molar-refractivity contribution < 1.29 is 24.2 Å². The number of fused-ring (bicyclic) bond motifs is 2. The molecule has 0 aliphatic carbocycles. The molecule has 1 saturated heterocycles. The summed E-state index contributed by atoms with van der Waals surface area (Å²) in [7, 11) is 0. The summed E-state index contributed by atoms with van der Waals surface area (Å²) in [5.74, 6) is -0.108. The Morgan fingerprint density at radius 1 is 1.14 bits per heavy atom. The van der Waals surface area contributed by atoms with Crippen molar-refractivity contribution in [2.45, 2.75) is 18.3 Å². The van der Waals surface area contributed by atoms with Crippen LogP contribution < -0.4 is 10.6 Å². The van der Waals surface area contributed by atoms with Crippen LogP contribution in [0.4, 0.5) is 10.1 Å². The second-order valence-corrected chi connectivity index (χ2v) is 4.76. The molecule has 2 aliphatic rings. The average Bonchev–Trinajstić information content (AvgIpc) is 2.82. The van der Waals surface area contributed by atoms with Crippen LogP contribution in [0.2, 0.25) is 0 Å². The highest BCUT2D eigenvalue weighted by Gasteiger charge is 2.40. The number of carboxylic acid groups (broad SMARTS) is 2. The number of rotatable bonds is 0. The molecule has 6 nitrogen and oxygen atoms in total. The highest BCUT2D eigenvalue weighted by Crippen LogP contribution is 2.43. The van der Waals surface area contributed by atoms with Crippen LogP contribution in [0.5, 0.6) is 0 Å². The predicted octanol–water partition coefficient (Wildman–Crippen LogP) is 1.27. The number of piperidine rings is 1. The highest BCUT2D eigenvalue weighted by atomic mass is 19.1. The normalized spacial score (nSPS) is 17.2. The number of carbonyl (C=O) groups is 2. The molecule has 21 heavy (non-hydrogen) atoms. The number of nitrogens with one attached hydrogen (secondary N) is 2. The van der Waals surface area contributed by atoms with Crippen LogP contribution in [0.1, 0.15) is 18.4 Å². The number of para-hydroxylation sites is 1. The summed E-state index contributed by atoms with van der Waals surface area (Å²) in [6.45, 7) is 2.47. The lowest BCUT2D eigenvalue weighted by atomic mass is 9.75. The van der Waals surface area contributed by atoms with Crippen molar-refractivity contribution in [3.05, 3.63) is 29.6 Å². The van der Waals surface area contributed by atoms with E-state index in [1.54, 1.807) is 0 Å². The van der Waals surface area contributed by atoms with Crippen LogP contribution in [-0.2, 0) is 15.0 Å². The molecule has 0 aromatic heterocycles. The second-order valence-electron chi connectivity index (χ2n) is 4.76. The van der Waals surface area contributed by atoms with E-state index in [0.29, 0.717) is 0 Å². The molecular formula is C14H19FN2O4. The van der Waals surface area contributed by atoms with E-state index < -0.39 is 0 Å². The number of hydrogen-bond acceptors (Lipinski definition) is 4. The first-order chi connectivity index (χ1) is 10.1. The van der Waals surface area contributed by atoms with Crippen LogP contribution in [0.15, 0.2) is 18.2 Å². The fourth-order valence-electron chi connectivity index (χ4n) is 2.85. The molecule has 1 fully saturated rings. The number of benzene rings is 1. The Hall–Kier alpha value is -2.15. The van der Waals surface area contributed by atoms with Crippen molar-refractivity contribution in [3.8, 4) is 0 Å². The van der Waals surface area contributed by atoms with E-state index in [1.807, 2.05) is 6.07 Å². The van der Waals surface area contributed by atoms with E-state index in [1.165, 1.54) is 11.6 Å². The van der Waals surface area contributed by atoms with Crippen LogP contribution in [-0.4, -0.2) is 42.8 Å². The smallest absolute Gasteiger partial charge is 0.290 e. The molecule has 0 atom stereocenters. The average molecular weight is 298 g/mol. The van der Waals surface area contributed by atoms with Gasteiger partial charge < -0.3 is 20.8 Å². The third-order valence-electron chi connectivity index (χ3n) is 3.75. The van der Waals surface area contributed by atoms with Crippen molar-refractivity contribution in [2.75, 3.05) is 25.0 Å². The first kappa shape index (κ1) is 16.9. The summed E-state index contributed by atoms with van der Waals surface area (Å²) in [6.07, 6.45) is 2.22. The van der Waals surface area contributed by atoms with Crippen molar-refractivity contribution in [1.82, 2.24) is 5.32 Å². The second kappa shape index (κ2) is 8.21. The van der Waals surface area contributed by atoms with Gasteiger partial charge in [-0.1, -0.05) is 12.1 Å². The minimum atomic E-state index is -0.250. The zero-order valence-corrected chi connectivity index (χ0v) is 11.5. The van der Waals surface area contributed by atoms with Gasteiger partial charge in [-0.2, -0.15) is 0 Å². The third-order valence-corrected chi connectivity index (χ3v) is 3.75. The van der Waals surface area contributed by atoms with Crippen LogP contribution >= 0.6 is 0 Å². The maximum absolute atomic E-state index is 13.6. The lowest BCUT2D eigenvalue weighted by Crippen LogP contribution is -2.41. The summed E-state index contributed by atoms with van der Waals surface area (Å²) < 4.78 is 13.6. The summed E-state index contributed by atoms with van der Waals surface area (Å²) in [5.41, 5.74) is 2.10. The van der Waals surface area contributed by atoms with Gasteiger partial charge in [-0.05, 0) is 37.6 Å². The molecule has 0 bridgehead atoms. The Balaban J connectivity index is 0.000000321. The molecule has 3 rings (SSSR count). The van der Waals surface area contributed by atoms with Crippen molar-refractivity contribution >= 4 is 18.6 Å². The predicted molar refractivity (Wildman–Crippen MR) is 76.1 cm³/mol. The molecule has 0 amide bonds. The molecular weight excluding hydrogens is 279 g/mol. The van der Waals surface area contributed by atoms with Gasteiger partial charge in [-0.15, -0.1) is 0 Å². The molecule has 1 aromatic rings. The van der Waals surface area contributed by atoms with Gasteiger partial charge in [0.2, 0.25) is 0 Å². The van der Waals surface area contributed by atoms with E-state index >= 15 is 0 Å². The monoisotopic (exact) mass is 298 g/mol. The van der Waals surface area contributed by atoms with E-state index in [4.69, 9.17) is 19.8 Å². The molecule has 0 radical (unpaired) electrons. The zero-order valence-electron chi connectivity index (χ0n) is 11.5. The summed E-state index contributed by atoms with van der Waals surface area (Å²) in [5, 5.41) is 20.4. The van der Waals surface area contributed by atoms with Crippen molar-refractivity contribution in [2.24, 2.45) is 0 Å². The van der Waals surface area contributed by atoms with E-state index in [0.717, 1.165) is 38.2 Å². The Kier molecular flexibility index (Phi) is 6.61. The van der Waals surface area contributed by atoms with Gasteiger partial charge in [0.25, 0.3) is 12.9 Å². The molecule has 1 spiro atoms. The van der Waals surface area contributed by atoms with Crippen LogP contribution in [0, 0.1) is 5.82 Å². The number of halogens is 1. The van der Waals surface area contributed by atoms with E-state index in [9.17, 15) is 4.39 Å². The maximum atomic E-state index is 13.6. The van der Waals surface area contributed by atoms with Gasteiger partial charge in [-0.3, -0.25) is 9.59 Å².